The Morgan fingerprint density at radius 2 is 2.32 bits per heavy atom. The van der Waals surface area contributed by atoms with Crippen molar-refractivity contribution in [1.82, 2.24) is 15.2 Å². The molecule has 0 radical (unpaired) electrons. The predicted molar refractivity (Wildman–Crippen MR) is 74.7 cm³/mol. The van der Waals surface area contributed by atoms with Crippen LogP contribution in [0.1, 0.15) is 24.1 Å². The fourth-order valence-electron chi connectivity index (χ4n) is 2.05. The van der Waals surface area contributed by atoms with Gasteiger partial charge in [-0.2, -0.15) is 5.10 Å². The van der Waals surface area contributed by atoms with E-state index in [1.807, 2.05) is 41.3 Å². The van der Waals surface area contributed by atoms with E-state index >= 15 is 0 Å². The highest BCUT2D eigenvalue weighted by Gasteiger charge is 2.12. The molecule has 0 spiro atoms. The first-order valence-electron chi connectivity index (χ1n) is 6.38. The molecule has 19 heavy (non-hydrogen) atoms. The smallest absolute Gasteiger partial charge is 0.119 e. The van der Waals surface area contributed by atoms with Crippen molar-refractivity contribution in [2.24, 2.45) is 5.84 Å². The number of methoxy groups -OCH3 is 1. The van der Waals surface area contributed by atoms with Crippen molar-refractivity contribution in [1.29, 1.82) is 0 Å². The van der Waals surface area contributed by atoms with Crippen LogP contribution in [0.5, 0.6) is 5.75 Å². The third kappa shape index (κ3) is 3.33. The monoisotopic (exact) mass is 260 g/mol. The second kappa shape index (κ2) is 6.36. The van der Waals surface area contributed by atoms with Crippen LogP contribution in [0.2, 0.25) is 0 Å². The standard InChI is InChI=1S/C14H20N4O/c1-3-18-10-11(9-16-18)7-14(17-15)12-5-4-6-13(8-12)19-2/h4-6,8-10,14,17H,3,7,15H2,1-2H3. The number of nitrogens with two attached hydrogens (primary N) is 1. The van der Waals surface area contributed by atoms with E-state index in [0.717, 1.165) is 29.8 Å². The summed E-state index contributed by atoms with van der Waals surface area (Å²) in [5.74, 6) is 6.50. The van der Waals surface area contributed by atoms with Gasteiger partial charge in [-0.3, -0.25) is 16.0 Å². The summed E-state index contributed by atoms with van der Waals surface area (Å²) >= 11 is 0. The number of ether oxygens (including phenoxy) is 1. The fraction of sp³-hybridized carbons (Fsp3) is 0.357. The lowest BCUT2D eigenvalue weighted by Crippen LogP contribution is -2.29. The molecule has 3 N–H and O–H groups in total. The second-order valence-corrected chi connectivity index (χ2v) is 4.40. The Balaban J connectivity index is 2.14. The summed E-state index contributed by atoms with van der Waals surface area (Å²) in [5.41, 5.74) is 5.12. The van der Waals surface area contributed by atoms with Crippen LogP contribution in [0.15, 0.2) is 36.7 Å². The lowest BCUT2D eigenvalue weighted by atomic mass is 10.0. The van der Waals surface area contributed by atoms with Gasteiger partial charge in [0.15, 0.2) is 0 Å². The van der Waals surface area contributed by atoms with E-state index in [4.69, 9.17) is 10.6 Å². The molecular formula is C14H20N4O. The average Bonchev–Trinajstić information content (AvgIpc) is 2.92. The molecule has 0 aliphatic rings. The summed E-state index contributed by atoms with van der Waals surface area (Å²) in [6, 6.07) is 7.97. The Morgan fingerprint density at radius 3 is 2.95 bits per heavy atom. The maximum atomic E-state index is 5.67. The zero-order valence-electron chi connectivity index (χ0n) is 11.3. The number of hydrogen-bond acceptors (Lipinski definition) is 4. The Hall–Kier alpha value is -1.85. The quantitative estimate of drug-likeness (QED) is 0.612. The van der Waals surface area contributed by atoms with E-state index in [1.165, 1.54) is 0 Å². The van der Waals surface area contributed by atoms with E-state index in [2.05, 4.69) is 17.4 Å². The number of hydrogen-bond donors (Lipinski definition) is 2. The van der Waals surface area contributed by atoms with Crippen LogP contribution in [-0.4, -0.2) is 16.9 Å². The maximum absolute atomic E-state index is 5.67. The van der Waals surface area contributed by atoms with Gasteiger partial charge in [-0.05, 0) is 36.6 Å². The molecule has 0 fully saturated rings. The fourth-order valence-corrected chi connectivity index (χ4v) is 2.05. The minimum atomic E-state index is 0.0459. The molecule has 0 bridgehead atoms. The van der Waals surface area contributed by atoms with Gasteiger partial charge in [-0.1, -0.05) is 12.1 Å². The molecule has 2 rings (SSSR count). The summed E-state index contributed by atoms with van der Waals surface area (Å²) in [6.07, 6.45) is 4.72. The Labute approximate surface area is 113 Å². The van der Waals surface area contributed by atoms with Crippen molar-refractivity contribution in [3.63, 3.8) is 0 Å². The van der Waals surface area contributed by atoms with Gasteiger partial charge in [-0.25, -0.2) is 0 Å². The Bertz CT molecular complexity index is 524. The van der Waals surface area contributed by atoms with Crippen LogP contribution < -0.4 is 16.0 Å². The molecule has 1 heterocycles. The lowest BCUT2D eigenvalue weighted by molar-refractivity contribution is 0.413. The summed E-state index contributed by atoms with van der Waals surface area (Å²) in [7, 11) is 1.66. The molecule has 0 aliphatic carbocycles. The molecule has 0 amide bonds. The van der Waals surface area contributed by atoms with E-state index < -0.39 is 0 Å². The molecule has 0 aliphatic heterocycles. The minimum absolute atomic E-state index is 0.0459. The van der Waals surface area contributed by atoms with E-state index in [-0.39, 0.29) is 6.04 Å². The number of rotatable bonds is 6. The summed E-state index contributed by atoms with van der Waals surface area (Å²) < 4.78 is 7.15. The average molecular weight is 260 g/mol. The first-order valence-corrected chi connectivity index (χ1v) is 6.38. The molecule has 0 saturated carbocycles. The molecule has 1 atom stereocenters. The zero-order chi connectivity index (χ0) is 13.7. The summed E-state index contributed by atoms with van der Waals surface area (Å²) in [4.78, 5) is 0. The van der Waals surface area contributed by atoms with Gasteiger partial charge < -0.3 is 4.74 Å². The maximum Gasteiger partial charge on any atom is 0.119 e. The van der Waals surface area contributed by atoms with Crippen molar-refractivity contribution >= 4 is 0 Å². The summed E-state index contributed by atoms with van der Waals surface area (Å²) in [5, 5.41) is 4.27. The van der Waals surface area contributed by atoms with Gasteiger partial charge >= 0.3 is 0 Å². The normalized spacial score (nSPS) is 12.4. The summed E-state index contributed by atoms with van der Waals surface area (Å²) in [6.45, 7) is 2.94. The molecule has 5 heteroatoms. The molecule has 0 saturated heterocycles. The minimum Gasteiger partial charge on any atom is -0.497 e. The van der Waals surface area contributed by atoms with Crippen molar-refractivity contribution in [3.8, 4) is 5.75 Å². The molecule has 102 valence electrons. The van der Waals surface area contributed by atoms with Crippen LogP contribution in [0.3, 0.4) is 0 Å². The largest absolute Gasteiger partial charge is 0.497 e. The van der Waals surface area contributed by atoms with Gasteiger partial charge in [0.25, 0.3) is 0 Å². The van der Waals surface area contributed by atoms with E-state index in [0.29, 0.717) is 0 Å². The number of aryl methyl sites for hydroxylation is 1. The molecule has 2 aromatic rings. The van der Waals surface area contributed by atoms with Crippen molar-refractivity contribution in [2.45, 2.75) is 25.9 Å². The molecule has 5 nitrogen and oxygen atoms in total. The highest BCUT2D eigenvalue weighted by molar-refractivity contribution is 5.31. The first-order chi connectivity index (χ1) is 9.26. The van der Waals surface area contributed by atoms with Gasteiger partial charge in [-0.15, -0.1) is 0 Å². The SMILES string of the molecule is CCn1cc(CC(NN)c2cccc(OC)c2)cn1. The third-order valence-corrected chi connectivity index (χ3v) is 3.15. The van der Waals surface area contributed by atoms with E-state index in [9.17, 15) is 0 Å². The number of nitrogens with zero attached hydrogens (tertiary/aromatic N) is 2. The molecule has 1 aromatic heterocycles. The number of benzene rings is 1. The highest BCUT2D eigenvalue weighted by Crippen LogP contribution is 2.21. The third-order valence-electron chi connectivity index (χ3n) is 3.15. The van der Waals surface area contributed by atoms with Gasteiger partial charge in [0.1, 0.15) is 5.75 Å². The Kier molecular flexibility index (Phi) is 4.54. The zero-order valence-corrected chi connectivity index (χ0v) is 11.3. The number of nitrogens with one attached hydrogen (secondary N) is 1. The van der Waals surface area contributed by atoms with Crippen LogP contribution in [0.4, 0.5) is 0 Å². The van der Waals surface area contributed by atoms with Crippen LogP contribution in [0, 0.1) is 0 Å². The molecule has 1 aromatic carbocycles. The van der Waals surface area contributed by atoms with Crippen molar-refractivity contribution < 1.29 is 4.74 Å². The molecular weight excluding hydrogens is 240 g/mol. The topological polar surface area (TPSA) is 65.1 Å². The van der Waals surface area contributed by atoms with Gasteiger partial charge in [0.05, 0.1) is 19.3 Å². The lowest BCUT2D eigenvalue weighted by Gasteiger charge is -2.16. The van der Waals surface area contributed by atoms with Crippen molar-refractivity contribution in [3.05, 3.63) is 47.8 Å². The van der Waals surface area contributed by atoms with E-state index in [1.54, 1.807) is 7.11 Å². The first kappa shape index (κ1) is 13.6. The number of hydrazine groups is 1. The van der Waals surface area contributed by atoms with Crippen LogP contribution >= 0.6 is 0 Å². The Morgan fingerprint density at radius 1 is 1.47 bits per heavy atom. The van der Waals surface area contributed by atoms with Crippen LogP contribution in [-0.2, 0) is 13.0 Å². The van der Waals surface area contributed by atoms with Crippen LogP contribution in [0.25, 0.3) is 0 Å². The highest BCUT2D eigenvalue weighted by atomic mass is 16.5. The van der Waals surface area contributed by atoms with Gasteiger partial charge in [0.2, 0.25) is 0 Å². The second-order valence-electron chi connectivity index (χ2n) is 4.40. The van der Waals surface area contributed by atoms with Gasteiger partial charge in [0, 0.05) is 12.7 Å². The molecule has 1 unspecified atom stereocenters. The van der Waals surface area contributed by atoms with Crippen molar-refractivity contribution in [2.75, 3.05) is 7.11 Å². The predicted octanol–water partition coefficient (Wildman–Crippen LogP) is 1.66. The number of aromatic nitrogens is 2.